The first-order chi connectivity index (χ1) is 13.6. The van der Waals surface area contributed by atoms with Crippen LogP contribution in [0.1, 0.15) is 44.7 Å². The SMILES string of the molecule is NC(=O)c1nc2c(s1)CCCC2C(=O)N1CCN(CCc2ccccc2)CC1. The maximum atomic E-state index is 13.1. The van der Waals surface area contributed by atoms with Crippen LogP contribution in [-0.4, -0.2) is 59.3 Å². The second-order valence-corrected chi connectivity index (χ2v) is 8.62. The topological polar surface area (TPSA) is 79.5 Å². The molecule has 2 aliphatic rings. The summed E-state index contributed by atoms with van der Waals surface area (Å²) in [6.07, 6.45) is 3.69. The molecule has 2 N–H and O–H groups in total. The number of aryl methyl sites for hydroxylation is 1. The Hall–Kier alpha value is -2.25. The van der Waals surface area contributed by atoms with E-state index in [1.807, 2.05) is 11.0 Å². The highest BCUT2D eigenvalue weighted by Gasteiger charge is 2.34. The minimum absolute atomic E-state index is 0.157. The number of primary amides is 1. The third-order valence-corrected chi connectivity index (χ3v) is 6.85. The first-order valence-electron chi connectivity index (χ1n) is 9.96. The summed E-state index contributed by atoms with van der Waals surface area (Å²) in [6, 6.07) is 10.5. The molecule has 1 fully saturated rings. The van der Waals surface area contributed by atoms with Gasteiger partial charge >= 0.3 is 0 Å². The zero-order valence-corrected chi connectivity index (χ0v) is 16.8. The highest BCUT2D eigenvalue weighted by atomic mass is 32.1. The molecule has 7 heteroatoms. The van der Waals surface area contributed by atoms with Crippen LogP contribution in [0.3, 0.4) is 0 Å². The lowest BCUT2D eigenvalue weighted by atomic mass is 9.89. The predicted molar refractivity (Wildman–Crippen MR) is 109 cm³/mol. The Morgan fingerprint density at radius 3 is 2.61 bits per heavy atom. The molecule has 148 valence electrons. The molecule has 0 spiro atoms. The van der Waals surface area contributed by atoms with E-state index in [4.69, 9.17) is 5.73 Å². The molecule has 1 aromatic carbocycles. The van der Waals surface area contributed by atoms with Crippen molar-refractivity contribution >= 4 is 23.2 Å². The highest BCUT2D eigenvalue weighted by Crippen LogP contribution is 2.36. The van der Waals surface area contributed by atoms with Gasteiger partial charge in [-0.2, -0.15) is 0 Å². The number of fused-ring (bicyclic) bond motifs is 1. The van der Waals surface area contributed by atoms with Crippen molar-refractivity contribution < 1.29 is 9.59 Å². The summed E-state index contributed by atoms with van der Waals surface area (Å²) in [6.45, 7) is 4.34. The molecule has 0 bridgehead atoms. The van der Waals surface area contributed by atoms with Crippen LogP contribution in [0.2, 0.25) is 0 Å². The Kier molecular flexibility index (Phi) is 5.73. The average Bonchev–Trinajstić information content (AvgIpc) is 3.18. The van der Waals surface area contributed by atoms with Gasteiger partial charge in [-0.1, -0.05) is 30.3 Å². The molecule has 0 saturated carbocycles. The van der Waals surface area contributed by atoms with Gasteiger partial charge in [0.25, 0.3) is 5.91 Å². The summed E-state index contributed by atoms with van der Waals surface area (Å²) in [7, 11) is 0. The maximum absolute atomic E-state index is 13.1. The first-order valence-corrected chi connectivity index (χ1v) is 10.8. The van der Waals surface area contributed by atoms with Crippen LogP contribution in [-0.2, 0) is 17.6 Å². The number of nitrogens with two attached hydrogens (primary N) is 1. The van der Waals surface area contributed by atoms with Crippen LogP contribution < -0.4 is 5.73 Å². The van der Waals surface area contributed by atoms with Crippen molar-refractivity contribution in [3.63, 3.8) is 0 Å². The van der Waals surface area contributed by atoms with Gasteiger partial charge in [0.15, 0.2) is 5.01 Å². The van der Waals surface area contributed by atoms with Gasteiger partial charge in [0, 0.05) is 37.6 Å². The Balaban J connectivity index is 1.34. The van der Waals surface area contributed by atoms with Crippen molar-refractivity contribution in [3.8, 4) is 0 Å². The quantitative estimate of drug-likeness (QED) is 0.836. The van der Waals surface area contributed by atoms with E-state index in [2.05, 4.69) is 34.1 Å². The molecule has 1 aliphatic carbocycles. The lowest BCUT2D eigenvalue weighted by Gasteiger charge is -2.37. The Morgan fingerprint density at radius 1 is 1.14 bits per heavy atom. The fraction of sp³-hybridized carbons (Fsp3) is 0.476. The maximum Gasteiger partial charge on any atom is 0.277 e. The number of hydrogen-bond donors (Lipinski definition) is 1. The van der Waals surface area contributed by atoms with Gasteiger partial charge in [0.1, 0.15) is 0 Å². The number of aromatic nitrogens is 1. The molecular formula is C21H26N4O2S. The van der Waals surface area contributed by atoms with Gasteiger partial charge in [-0.3, -0.25) is 14.5 Å². The van der Waals surface area contributed by atoms with Crippen molar-refractivity contribution in [3.05, 3.63) is 51.5 Å². The van der Waals surface area contributed by atoms with Crippen LogP contribution in [0.15, 0.2) is 30.3 Å². The summed E-state index contributed by atoms with van der Waals surface area (Å²) in [4.78, 5) is 34.5. The average molecular weight is 399 g/mol. The van der Waals surface area contributed by atoms with Crippen molar-refractivity contribution in [2.75, 3.05) is 32.7 Å². The molecule has 4 rings (SSSR count). The number of thiazole rings is 1. The number of hydrogen-bond acceptors (Lipinski definition) is 5. The smallest absolute Gasteiger partial charge is 0.277 e. The highest BCUT2D eigenvalue weighted by molar-refractivity contribution is 7.13. The van der Waals surface area contributed by atoms with Crippen molar-refractivity contribution in [2.45, 2.75) is 31.6 Å². The number of amides is 2. The second-order valence-electron chi connectivity index (χ2n) is 7.54. The Bertz CT molecular complexity index is 843. The lowest BCUT2D eigenvalue weighted by molar-refractivity contribution is -0.135. The van der Waals surface area contributed by atoms with E-state index < -0.39 is 5.91 Å². The molecule has 0 radical (unpaired) electrons. The van der Waals surface area contributed by atoms with E-state index >= 15 is 0 Å². The standard InChI is InChI=1S/C21H26N4O2S/c22-19(26)20-23-18-16(7-4-8-17(18)28-20)21(27)25-13-11-24(12-14-25)10-9-15-5-2-1-3-6-15/h1-3,5-6,16H,4,7-14H2,(H2,22,26). The van der Waals surface area contributed by atoms with E-state index in [9.17, 15) is 9.59 Å². The largest absolute Gasteiger partial charge is 0.364 e. The van der Waals surface area contributed by atoms with E-state index in [0.29, 0.717) is 5.01 Å². The van der Waals surface area contributed by atoms with Crippen LogP contribution in [0.25, 0.3) is 0 Å². The molecule has 28 heavy (non-hydrogen) atoms. The lowest BCUT2D eigenvalue weighted by Crippen LogP contribution is -2.50. The number of carbonyl (C=O) groups is 2. The third kappa shape index (κ3) is 4.10. The molecule has 2 aromatic rings. The fourth-order valence-electron chi connectivity index (χ4n) is 4.11. The number of nitrogens with zero attached hydrogens (tertiary/aromatic N) is 3. The van der Waals surface area contributed by atoms with Gasteiger partial charge in [0.05, 0.1) is 11.6 Å². The number of benzene rings is 1. The summed E-state index contributed by atoms with van der Waals surface area (Å²) in [5.41, 5.74) is 7.53. The summed E-state index contributed by atoms with van der Waals surface area (Å²) < 4.78 is 0. The number of piperazine rings is 1. The fourth-order valence-corrected chi connectivity index (χ4v) is 5.13. The molecule has 1 aliphatic heterocycles. The zero-order chi connectivity index (χ0) is 19.5. The normalized spacial score (nSPS) is 20.0. The monoisotopic (exact) mass is 398 g/mol. The molecule has 2 amide bonds. The second kappa shape index (κ2) is 8.41. The van der Waals surface area contributed by atoms with Crippen molar-refractivity contribution in [2.24, 2.45) is 5.73 Å². The molecule has 1 atom stereocenters. The van der Waals surface area contributed by atoms with Gasteiger partial charge in [-0.05, 0) is 31.2 Å². The van der Waals surface area contributed by atoms with Crippen LogP contribution in [0.4, 0.5) is 0 Å². The summed E-state index contributed by atoms with van der Waals surface area (Å²) in [5.74, 6) is -0.563. The van der Waals surface area contributed by atoms with Crippen LogP contribution >= 0.6 is 11.3 Å². The number of carbonyl (C=O) groups excluding carboxylic acids is 2. The first kappa shape index (κ1) is 19.1. The van der Waals surface area contributed by atoms with Gasteiger partial charge < -0.3 is 10.6 Å². The van der Waals surface area contributed by atoms with Gasteiger partial charge in [0.2, 0.25) is 5.91 Å². The molecule has 6 nitrogen and oxygen atoms in total. The van der Waals surface area contributed by atoms with Gasteiger partial charge in [-0.15, -0.1) is 11.3 Å². The third-order valence-electron chi connectivity index (χ3n) is 5.71. The predicted octanol–water partition coefficient (Wildman–Crippen LogP) is 2.05. The summed E-state index contributed by atoms with van der Waals surface area (Å²) >= 11 is 1.35. The Morgan fingerprint density at radius 2 is 1.89 bits per heavy atom. The van der Waals surface area contributed by atoms with E-state index in [1.54, 1.807) is 0 Å². The van der Waals surface area contributed by atoms with E-state index in [1.165, 1.54) is 16.9 Å². The van der Waals surface area contributed by atoms with Crippen LogP contribution in [0, 0.1) is 0 Å². The molecular weight excluding hydrogens is 372 g/mol. The minimum Gasteiger partial charge on any atom is -0.364 e. The van der Waals surface area contributed by atoms with Crippen molar-refractivity contribution in [1.29, 1.82) is 0 Å². The van der Waals surface area contributed by atoms with Crippen LogP contribution in [0.5, 0.6) is 0 Å². The zero-order valence-electron chi connectivity index (χ0n) is 16.0. The number of rotatable bonds is 5. The van der Waals surface area contributed by atoms with Crippen molar-refractivity contribution in [1.82, 2.24) is 14.8 Å². The van der Waals surface area contributed by atoms with E-state index in [-0.39, 0.29) is 11.8 Å². The van der Waals surface area contributed by atoms with E-state index in [0.717, 1.165) is 69.0 Å². The van der Waals surface area contributed by atoms with Gasteiger partial charge in [-0.25, -0.2) is 4.98 Å². The Labute approximate surface area is 169 Å². The molecule has 1 saturated heterocycles. The molecule has 1 aromatic heterocycles. The molecule has 1 unspecified atom stereocenters. The molecule has 2 heterocycles. The minimum atomic E-state index is -0.502. The summed E-state index contributed by atoms with van der Waals surface area (Å²) in [5, 5.41) is 0.329.